The number of thiophene rings is 1. The van der Waals surface area contributed by atoms with E-state index >= 15 is 0 Å². The molecule has 0 aliphatic carbocycles. The lowest BCUT2D eigenvalue weighted by atomic mass is 10.0. The molecule has 3 rings (SSSR count). The molecular weight excluding hydrogens is 392 g/mol. The van der Waals surface area contributed by atoms with Gasteiger partial charge in [0.15, 0.2) is 5.11 Å². The van der Waals surface area contributed by atoms with Crippen molar-refractivity contribution in [3.05, 3.63) is 40.2 Å². The Morgan fingerprint density at radius 2 is 2.23 bits per heavy atom. The number of methoxy groups -OCH3 is 1. The number of carbonyl (C=O) groups excluding carboxylic acids is 1. The van der Waals surface area contributed by atoms with Crippen molar-refractivity contribution in [2.75, 3.05) is 25.6 Å². The standard InChI is InChI=1S/C18H19ClN2O3S2/c1-23-17(22)15-13(12-6-2-3-7-14(12)19)10-26-16(15)21-18(25)20-9-11-5-4-8-24-11/h2-3,6-7,10-11H,4-5,8-9H2,1H3,(H2,20,21,25)/t11-/m0/s1. The molecule has 2 N–H and O–H groups in total. The molecule has 0 unspecified atom stereocenters. The maximum absolute atomic E-state index is 12.4. The zero-order valence-electron chi connectivity index (χ0n) is 14.2. The molecule has 2 aromatic rings. The van der Waals surface area contributed by atoms with E-state index in [1.165, 1.54) is 18.4 Å². The summed E-state index contributed by atoms with van der Waals surface area (Å²) in [5.74, 6) is -0.439. The van der Waals surface area contributed by atoms with Gasteiger partial charge < -0.3 is 20.1 Å². The van der Waals surface area contributed by atoms with Crippen molar-refractivity contribution in [1.29, 1.82) is 0 Å². The highest BCUT2D eigenvalue weighted by Gasteiger charge is 2.23. The fourth-order valence-electron chi connectivity index (χ4n) is 2.79. The van der Waals surface area contributed by atoms with Crippen molar-refractivity contribution in [2.24, 2.45) is 0 Å². The van der Waals surface area contributed by atoms with E-state index in [9.17, 15) is 4.79 Å². The Morgan fingerprint density at radius 3 is 2.92 bits per heavy atom. The van der Waals surface area contributed by atoms with Gasteiger partial charge in [-0.3, -0.25) is 0 Å². The SMILES string of the molecule is COC(=O)c1c(-c2ccccc2Cl)csc1NC(=S)NC[C@@H]1CCCO1. The van der Waals surface area contributed by atoms with Crippen LogP contribution in [0.15, 0.2) is 29.6 Å². The predicted molar refractivity (Wildman–Crippen MR) is 109 cm³/mol. The normalized spacial score (nSPS) is 16.3. The highest BCUT2D eigenvalue weighted by Crippen LogP contribution is 2.39. The van der Waals surface area contributed by atoms with Crippen LogP contribution in [-0.4, -0.2) is 37.4 Å². The molecule has 26 heavy (non-hydrogen) atoms. The summed E-state index contributed by atoms with van der Waals surface area (Å²) in [5.41, 5.74) is 1.92. The van der Waals surface area contributed by atoms with E-state index in [4.69, 9.17) is 33.3 Å². The molecule has 0 amide bonds. The second-order valence-electron chi connectivity index (χ2n) is 5.79. The first kappa shape index (κ1) is 19.1. The van der Waals surface area contributed by atoms with Crippen LogP contribution in [0.3, 0.4) is 0 Å². The van der Waals surface area contributed by atoms with Crippen molar-refractivity contribution in [3.63, 3.8) is 0 Å². The van der Waals surface area contributed by atoms with Gasteiger partial charge in [-0.1, -0.05) is 29.8 Å². The van der Waals surface area contributed by atoms with E-state index in [-0.39, 0.29) is 6.10 Å². The molecule has 1 atom stereocenters. The fraction of sp³-hybridized carbons (Fsp3) is 0.333. The Hall–Kier alpha value is -1.67. The van der Waals surface area contributed by atoms with Gasteiger partial charge in [0.25, 0.3) is 0 Å². The molecule has 0 radical (unpaired) electrons. The molecule has 1 saturated heterocycles. The third-order valence-corrected chi connectivity index (χ3v) is 5.56. The van der Waals surface area contributed by atoms with Crippen molar-refractivity contribution < 1.29 is 14.3 Å². The molecule has 0 bridgehead atoms. The lowest BCUT2D eigenvalue weighted by Crippen LogP contribution is -2.34. The Balaban J connectivity index is 1.79. The van der Waals surface area contributed by atoms with E-state index in [1.54, 1.807) is 6.07 Å². The zero-order chi connectivity index (χ0) is 18.5. The molecule has 1 aromatic heterocycles. The topological polar surface area (TPSA) is 59.6 Å². The van der Waals surface area contributed by atoms with Gasteiger partial charge in [0.2, 0.25) is 0 Å². The highest BCUT2D eigenvalue weighted by atomic mass is 35.5. The summed E-state index contributed by atoms with van der Waals surface area (Å²) < 4.78 is 10.5. The Kier molecular flexibility index (Phi) is 6.48. The quantitative estimate of drug-likeness (QED) is 0.565. The molecular formula is C18H19ClN2O3S2. The van der Waals surface area contributed by atoms with Gasteiger partial charge in [0.05, 0.1) is 13.2 Å². The molecule has 1 aromatic carbocycles. The maximum Gasteiger partial charge on any atom is 0.341 e. The number of rotatable bonds is 5. The molecule has 1 aliphatic rings. The summed E-state index contributed by atoms with van der Waals surface area (Å²) in [7, 11) is 1.36. The predicted octanol–water partition coefficient (Wildman–Crippen LogP) is 4.32. The number of nitrogens with one attached hydrogen (secondary N) is 2. The van der Waals surface area contributed by atoms with Gasteiger partial charge in [-0.25, -0.2) is 4.79 Å². The number of halogens is 1. The number of ether oxygens (including phenoxy) is 2. The van der Waals surface area contributed by atoms with Crippen LogP contribution in [0.25, 0.3) is 11.1 Å². The Labute approximate surface area is 166 Å². The number of hydrogen-bond acceptors (Lipinski definition) is 5. The molecule has 0 saturated carbocycles. The third kappa shape index (κ3) is 4.35. The molecule has 1 fully saturated rings. The Bertz CT molecular complexity index is 803. The number of thiocarbonyl (C=S) groups is 1. The largest absolute Gasteiger partial charge is 0.465 e. The summed E-state index contributed by atoms with van der Waals surface area (Å²) in [5, 5.41) is 9.75. The van der Waals surface area contributed by atoms with Gasteiger partial charge in [0, 0.05) is 34.7 Å². The van der Waals surface area contributed by atoms with Crippen LogP contribution >= 0.6 is 35.2 Å². The first-order valence-electron chi connectivity index (χ1n) is 8.21. The molecule has 1 aliphatic heterocycles. The second-order valence-corrected chi connectivity index (χ2v) is 7.49. The number of anilines is 1. The monoisotopic (exact) mass is 410 g/mol. The molecule has 138 valence electrons. The van der Waals surface area contributed by atoms with Crippen molar-refractivity contribution in [2.45, 2.75) is 18.9 Å². The number of benzene rings is 1. The van der Waals surface area contributed by atoms with Crippen LogP contribution in [0.5, 0.6) is 0 Å². The van der Waals surface area contributed by atoms with Crippen LogP contribution in [-0.2, 0) is 9.47 Å². The van der Waals surface area contributed by atoms with Gasteiger partial charge in [0.1, 0.15) is 10.6 Å². The number of carbonyl (C=O) groups is 1. The van der Waals surface area contributed by atoms with E-state index < -0.39 is 5.97 Å². The van der Waals surface area contributed by atoms with Gasteiger partial charge in [-0.05, 0) is 31.1 Å². The summed E-state index contributed by atoms with van der Waals surface area (Å²) in [6.07, 6.45) is 2.28. The van der Waals surface area contributed by atoms with E-state index in [0.717, 1.165) is 30.6 Å². The minimum absolute atomic E-state index is 0.178. The smallest absolute Gasteiger partial charge is 0.341 e. The summed E-state index contributed by atoms with van der Waals surface area (Å²) in [4.78, 5) is 12.4. The average molecular weight is 411 g/mol. The molecule has 5 nitrogen and oxygen atoms in total. The average Bonchev–Trinajstić information content (AvgIpc) is 3.29. The highest BCUT2D eigenvalue weighted by molar-refractivity contribution is 7.80. The minimum atomic E-state index is -0.439. The number of hydrogen-bond donors (Lipinski definition) is 2. The van der Waals surface area contributed by atoms with Gasteiger partial charge >= 0.3 is 5.97 Å². The lowest BCUT2D eigenvalue weighted by Gasteiger charge is -2.14. The summed E-state index contributed by atoms with van der Waals surface area (Å²) in [6, 6.07) is 7.38. The first-order chi connectivity index (χ1) is 12.6. The molecule has 2 heterocycles. The minimum Gasteiger partial charge on any atom is -0.465 e. The van der Waals surface area contributed by atoms with Crippen LogP contribution in [0.1, 0.15) is 23.2 Å². The summed E-state index contributed by atoms with van der Waals surface area (Å²) >= 11 is 13.0. The zero-order valence-corrected chi connectivity index (χ0v) is 16.6. The van der Waals surface area contributed by atoms with Crippen LogP contribution in [0.2, 0.25) is 5.02 Å². The molecule has 0 spiro atoms. The first-order valence-corrected chi connectivity index (χ1v) is 9.88. The van der Waals surface area contributed by atoms with Crippen LogP contribution in [0.4, 0.5) is 5.00 Å². The lowest BCUT2D eigenvalue weighted by molar-refractivity contribution is 0.0603. The van der Waals surface area contributed by atoms with E-state index in [1.807, 2.05) is 23.6 Å². The fourth-order valence-corrected chi connectivity index (χ4v) is 4.23. The van der Waals surface area contributed by atoms with Crippen molar-refractivity contribution in [3.8, 4) is 11.1 Å². The van der Waals surface area contributed by atoms with Gasteiger partial charge in [-0.2, -0.15) is 0 Å². The van der Waals surface area contributed by atoms with Crippen LogP contribution < -0.4 is 10.6 Å². The van der Waals surface area contributed by atoms with Crippen molar-refractivity contribution >= 4 is 51.2 Å². The third-order valence-electron chi connectivity index (χ3n) is 4.09. The van der Waals surface area contributed by atoms with E-state index in [0.29, 0.717) is 27.2 Å². The van der Waals surface area contributed by atoms with E-state index in [2.05, 4.69) is 10.6 Å². The van der Waals surface area contributed by atoms with Crippen molar-refractivity contribution in [1.82, 2.24) is 5.32 Å². The number of esters is 1. The molecule has 8 heteroatoms. The summed E-state index contributed by atoms with van der Waals surface area (Å²) in [6.45, 7) is 1.44. The van der Waals surface area contributed by atoms with Gasteiger partial charge in [-0.15, -0.1) is 11.3 Å². The second kappa shape index (κ2) is 8.81. The Morgan fingerprint density at radius 1 is 1.42 bits per heavy atom. The van der Waals surface area contributed by atoms with Crippen LogP contribution in [0, 0.1) is 0 Å². The maximum atomic E-state index is 12.4.